The molecule has 0 N–H and O–H groups in total. The average Bonchev–Trinajstić information content (AvgIpc) is 2.36. The predicted molar refractivity (Wildman–Crippen MR) is 83.8 cm³/mol. The molecule has 1 aliphatic carbocycles. The smallest absolute Gasteiger partial charge is 0.133 e. The molecule has 0 saturated carbocycles. The second-order valence-electron chi connectivity index (χ2n) is 6.99. The fourth-order valence-corrected chi connectivity index (χ4v) is 3.41. The van der Waals surface area contributed by atoms with Gasteiger partial charge in [-0.05, 0) is 20.9 Å². The second-order valence-corrected chi connectivity index (χ2v) is 6.99. The highest BCUT2D eigenvalue weighted by atomic mass is 16.1. The van der Waals surface area contributed by atoms with E-state index in [1.807, 2.05) is 0 Å². The van der Waals surface area contributed by atoms with Crippen molar-refractivity contribution in [3.63, 3.8) is 0 Å². The zero-order valence-corrected chi connectivity index (χ0v) is 13.6. The van der Waals surface area contributed by atoms with Gasteiger partial charge in [0.2, 0.25) is 0 Å². The Morgan fingerprint density at radius 3 is 2.35 bits per heavy atom. The summed E-state index contributed by atoms with van der Waals surface area (Å²) in [5.41, 5.74) is 1.24. The second kappa shape index (κ2) is 5.45. The normalized spacial score (nSPS) is 31.1. The van der Waals surface area contributed by atoms with Gasteiger partial charge in [-0.2, -0.15) is 0 Å². The Hall–Kier alpha value is -0.930. The van der Waals surface area contributed by atoms with E-state index in [1.54, 1.807) is 6.92 Å². The number of likely N-dealkylation sites (N-methyl/N-ethyl adjacent to an activating group) is 1. The monoisotopic (exact) mass is 276 g/mol. The van der Waals surface area contributed by atoms with Crippen LogP contribution in [-0.2, 0) is 4.79 Å². The first-order valence-corrected chi connectivity index (χ1v) is 7.59. The van der Waals surface area contributed by atoms with Gasteiger partial charge in [0.1, 0.15) is 5.78 Å². The molecular formula is C17H28N2O. The highest BCUT2D eigenvalue weighted by Gasteiger charge is 2.47. The maximum absolute atomic E-state index is 11.5. The van der Waals surface area contributed by atoms with Crippen molar-refractivity contribution < 1.29 is 4.79 Å². The van der Waals surface area contributed by atoms with Crippen LogP contribution in [0.1, 0.15) is 34.1 Å². The molecule has 1 aliphatic heterocycles. The SMILES string of the molecule is CC(=O)CC1=CC=CC(C)(N2CCN(C)CC2)C1(C)C. The lowest BCUT2D eigenvalue weighted by Crippen LogP contribution is -2.61. The third-order valence-corrected chi connectivity index (χ3v) is 5.39. The van der Waals surface area contributed by atoms with Crippen LogP contribution in [0.3, 0.4) is 0 Å². The minimum absolute atomic E-state index is 0.00616. The van der Waals surface area contributed by atoms with Crippen LogP contribution >= 0.6 is 0 Å². The van der Waals surface area contributed by atoms with Crippen LogP contribution in [0.4, 0.5) is 0 Å². The average molecular weight is 276 g/mol. The summed E-state index contributed by atoms with van der Waals surface area (Å²) >= 11 is 0. The van der Waals surface area contributed by atoms with E-state index in [0.29, 0.717) is 6.42 Å². The zero-order valence-electron chi connectivity index (χ0n) is 13.6. The van der Waals surface area contributed by atoms with E-state index >= 15 is 0 Å². The van der Waals surface area contributed by atoms with Gasteiger partial charge in [-0.1, -0.05) is 37.6 Å². The van der Waals surface area contributed by atoms with E-state index in [1.165, 1.54) is 5.57 Å². The summed E-state index contributed by atoms with van der Waals surface area (Å²) in [4.78, 5) is 16.5. The lowest BCUT2D eigenvalue weighted by Gasteiger charge is -2.54. The fraction of sp³-hybridized carbons (Fsp3) is 0.706. The van der Waals surface area contributed by atoms with Gasteiger partial charge in [0.05, 0.1) is 0 Å². The molecule has 0 aromatic carbocycles. The molecule has 1 unspecified atom stereocenters. The Balaban J connectivity index is 2.25. The van der Waals surface area contributed by atoms with Crippen molar-refractivity contribution in [1.29, 1.82) is 0 Å². The van der Waals surface area contributed by atoms with Crippen LogP contribution in [0.25, 0.3) is 0 Å². The lowest BCUT2D eigenvalue weighted by atomic mass is 9.63. The zero-order chi connectivity index (χ0) is 15.0. The summed E-state index contributed by atoms with van der Waals surface area (Å²) in [7, 11) is 2.18. The van der Waals surface area contributed by atoms with Crippen LogP contribution in [0.2, 0.25) is 0 Å². The number of carbonyl (C=O) groups excluding carboxylic acids is 1. The molecule has 3 nitrogen and oxygen atoms in total. The standard InChI is InChI=1S/C17H28N2O/c1-14(20)13-15-7-6-8-17(4,16(15,2)3)19-11-9-18(5)10-12-19/h6-8H,9-13H2,1-5H3. The van der Waals surface area contributed by atoms with Crippen molar-refractivity contribution in [2.24, 2.45) is 5.41 Å². The number of Topliss-reactive ketones (excluding diaryl/α,β-unsaturated/α-hetero) is 1. The van der Waals surface area contributed by atoms with E-state index in [0.717, 1.165) is 26.2 Å². The van der Waals surface area contributed by atoms with E-state index in [9.17, 15) is 4.79 Å². The van der Waals surface area contributed by atoms with Gasteiger partial charge >= 0.3 is 0 Å². The molecule has 0 amide bonds. The van der Waals surface area contributed by atoms with Crippen molar-refractivity contribution in [3.05, 3.63) is 23.8 Å². The molecule has 3 heteroatoms. The van der Waals surface area contributed by atoms with Gasteiger partial charge in [-0.3, -0.25) is 9.69 Å². The van der Waals surface area contributed by atoms with Gasteiger partial charge in [-0.15, -0.1) is 0 Å². The number of allylic oxidation sites excluding steroid dienone is 2. The van der Waals surface area contributed by atoms with Gasteiger partial charge in [0.25, 0.3) is 0 Å². The number of carbonyl (C=O) groups is 1. The van der Waals surface area contributed by atoms with Gasteiger partial charge in [0.15, 0.2) is 0 Å². The van der Waals surface area contributed by atoms with E-state index in [2.05, 4.69) is 55.8 Å². The molecule has 0 aromatic rings. The Morgan fingerprint density at radius 1 is 1.20 bits per heavy atom. The highest BCUT2D eigenvalue weighted by molar-refractivity contribution is 5.78. The molecule has 112 valence electrons. The molecule has 0 radical (unpaired) electrons. The van der Waals surface area contributed by atoms with Crippen LogP contribution in [0, 0.1) is 5.41 Å². The first kappa shape index (κ1) is 15.5. The predicted octanol–water partition coefficient (Wildman–Crippen LogP) is 2.49. The van der Waals surface area contributed by atoms with Gasteiger partial charge in [-0.25, -0.2) is 0 Å². The summed E-state index contributed by atoms with van der Waals surface area (Å²) in [5.74, 6) is 0.250. The summed E-state index contributed by atoms with van der Waals surface area (Å²) in [6, 6.07) is 0. The number of piperazine rings is 1. The van der Waals surface area contributed by atoms with Crippen molar-refractivity contribution in [3.8, 4) is 0 Å². The molecular weight excluding hydrogens is 248 g/mol. The summed E-state index contributed by atoms with van der Waals surface area (Å²) in [6.07, 6.45) is 7.17. The molecule has 1 saturated heterocycles. The number of hydrogen-bond donors (Lipinski definition) is 0. The number of rotatable bonds is 3. The number of ketones is 1. The summed E-state index contributed by atoms with van der Waals surface area (Å²) in [5, 5.41) is 0. The molecule has 1 atom stereocenters. The maximum Gasteiger partial charge on any atom is 0.133 e. The minimum atomic E-state index is -0.0106. The first-order chi connectivity index (χ1) is 9.27. The van der Waals surface area contributed by atoms with E-state index in [4.69, 9.17) is 0 Å². The molecule has 0 spiro atoms. The molecule has 1 fully saturated rings. The van der Waals surface area contributed by atoms with E-state index in [-0.39, 0.29) is 16.7 Å². The van der Waals surface area contributed by atoms with Crippen molar-refractivity contribution in [2.45, 2.75) is 39.7 Å². The topological polar surface area (TPSA) is 23.6 Å². The molecule has 2 aliphatic rings. The third-order valence-electron chi connectivity index (χ3n) is 5.39. The van der Waals surface area contributed by atoms with Gasteiger partial charge < -0.3 is 4.90 Å². The quantitative estimate of drug-likeness (QED) is 0.791. The summed E-state index contributed by atoms with van der Waals surface area (Å²) < 4.78 is 0. The van der Waals surface area contributed by atoms with Crippen LogP contribution in [-0.4, -0.2) is 54.3 Å². The first-order valence-electron chi connectivity index (χ1n) is 7.59. The maximum atomic E-state index is 11.5. The molecule has 1 heterocycles. The Labute approximate surface area is 123 Å². The van der Waals surface area contributed by atoms with Crippen molar-refractivity contribution >= 4 is 5.78 Å². The summed E-state index contributed by atoms with van der Waals surface area (Å²) in [6.45, 7) is 13.0. The van der Waals surface area contributed by atoms with E-state index < -0.39 is 0 Å². The minimum Gasteiger partial charge on any atom is -0.304 e. The third kappa shape index (κ3) is 2.61. The molecule has 20 heavy (non-hydrogen) atoms. The molecule has 0 aromatic heterocycles. The molecule has 2 rings (SSSR count). The largest absolute Gasteiger partial charge is 0.304 e. The Kier molecular flexibility index (Phi) is 4.22. The van der Waals surface area contributed by atoms with Crippen LogP contribution in [0.15, 0.2) is 23.8 Å². The Morgan fingerprint density at radius 2 is 1.80 bits per heavy atom. The van der Waals surface area contributed by atoms with Crippen molar-refractivity contribution in [2.75, 3.05) is 33.2 Å². The Bertz CT molecular complexity index is 442. The van der Waals surface area contributed by atoms with Crippen LogP contribution < -0.4 is 0 Å². The van der Waals surface area contributed by atoms with Crippen LogP contribution in [0.5, 0.6) is 0 Å². The number of nitrogens with zero attached hydrogens (tertiary/aromatic N) is 2. The number of hydrogen-bond acceptors (Lipinski definition) is 3. The van der Waals surface area contributed by atoms with Crippen molar-refractivity contribution in [1.82, 2.24) is 9.80 Å². The molecule has 0 bridgehead atoms. The lowest BCUT2D eigenvalue weighted by molar-refractivity contribution is -0.116. The fourth-order valence-electron chi connectivity index (χ4n) is 3.41. The highest BCUT2D eigenvalue weighted by Crippen LogP contribution is 2.46. The van der Waals surface area contributed by atoms with Gasteiger partial charge in [0, 0.05) is 43.6 Å².